The number of halogens is 1. The Bertz CT molecular complexity index is 284. The van der Waals surface area contributed by atoms with Gasteiger partial charge in [0.25, 0.3) is 0 Å². The van der Waals surface area contributed by atoms with Crippen molar-refractivity contribution in [3.63, 3.8) is 0 Å². The van der Waals surface area contributed by atoms with Crippen LogP contribution in [-0.2, 0) is 6.42 Å². The van der Waals surface area contributed by atoms with E-state index in [1.807, 2.05) is 18.2 Å². The Balaban J connectivity index is 2.15. The molecule has 84 valence electrons. The largest absolute Gasteiger partial charge is 0.316 e. The van der Waals surface area contributed by atoms with Crippen LogP contribution in [-0.4, -0.2) is 13.1 Å². The van der Waals surface area contributed by atoms with Crippen LogP contribution >= 0.6 is 11.6 Å². The minimum atomic E-state index is 0.733. The van der Waals surface area contributed by atoms with Crippen LogP contribution in [0.3, 0.4) is 0 Å². The molecule has 0 aliphatic rings. The molecule has 0 bridgehead atoms. The molecule has 0 saturated heterocycles. The average molecular weight is 226 g/mol. The van der Waals surface area contributed by atoms with Gasteiger partial charge in [-0.15, -0.1) is 0 Å². The third kappa shape index (κ3) is 5.81. The topological polar surface area (TPSA) is 12.0 Å². The fraction of sp³-hybridized carbons (Fsp3) is 0.538. The van der Waals surface area contributed by atoms with Gasteiger partial charge in [0.1, 0.15) is 0 Å². The van der Waals surface area contributed by atoms with Crippen LogP contribution in [0.2, 0.25) is 5.02 Å². The first-order valence-corrected chi connectivity index (χ1v) is 6.01. The van der Waals surface area contributed by atoms with E-state index in [-0.39, 0.29) is 0 Å². The van der Waals surface area contributed by atoms with Gasteiger partial charge in [0.2, 0.25) is 0 Å². The number of hydrogen-bond donors (Lipinski definition) is 1. The summed E-state index contributed by atoms with van der Waals surface area (Å²) in [7, 11) is 0. The van der Waals surface area contributed by atoms with E-state index in [2.05, 4.69) is 25.2 Å². The van der Waals surface area contributed by atoms with Crippen LogP contribution in [0.5, 0.6) is 0 Å². The summed E-state index contributed by atoms with van der Waals surface area (Å²) in [5.41, 5.74) is 1.33. The minimum Gasteiger partial charge on any atom is -0.316 e. The SMILES string of the molecule is CC(C)CNCCCc1cccc(Cl)c1. The highest BCUT2D eigenvalue weighted by Gasteiger charge is 1.95. The van der Waals surface area contributed by atoms with Gasteiger partial charge in [0.05, 0.1) is 0 Å². The Morgan fingerprint density at radius 2 is 2.13 bits per heavy atom. The lowest BCUT2D eigenvalue weighted by Gasteiger charge is -2.07. The van der Waals surface area contributed by atoms with Crippen LogP contribution in [0, 0.1) is 5.92 Å². The third-order valence-electron chi connectivity index (χ3n) is 2.26. The minimum absolute atomic E-state index is 0.733. The standard InChI is InChI=1S/C13H20ClN/c1-11(2)10-15-8-4-6-12-5-3-7-13(14)9-12/h3,5,7,9,11,15H,4,6,8,10H2,1-2H3. The number of benzene rings is 1. The molecule has 1 N–H and O–H groups in total. The molecule has 0 unspecified atom stereocenters. The van der Waals surface area contributed by atoms with Gasteiger partial charge in [0, 0.05) is 5.02 Å². The molecule has 1 nitrogen and oxygen atoms in total. The van der Waals surface area contributed by atoms with Crippen molar-refractivity contribution in [2.45, 2.75) is 26.7 Å². The molecule has 0 heterocycles. The lowest BCUT2D eigenvalue weighted by molar-refractivity contribution is 0.543. The van der Waals surface area contributed by atoms with Crippen LogP contribution in [0.25, 0.3) is 0 Å². The summed E-state index contributed by atoms with van der Waals surface area (Å²) in [6.45, 7) is 6.65. The van der Waals surface area contributed by atoms with Gasteiger partial charge in [-0.2, -0.15) is 0 Å². The fourth-order valence-corrected chi connectivity index (χ4v) is 1.71. The van der Waals surface area contributed by atoms with Gasteiger partial charge in [-0.1, -0.05) is 37.6 Å². The van der Waals surface area contributed by atoms with Gasteiger partial charge in [-0.3, -0.25) is 0 Å². The van der Waals surface area contributed by atoms with Crippen molar-refractivity contribution in [3.05, 3.63) is 34.9 Å². The molecule has 0 atom stereocenters. The Kier molecular flexibility index (Phi) is 5.74. The van der Waals surface area contributed by atoms with E-state index in [0.29, 0.717) is 0 Å². The monoisotopic (exact) mass is 225 g/mol. The normalized spacial score (nSPS) is 10.9. The summed E-state index contributed by atoms with van der Waals surface area (Å²) < 4.78 is 0. The smallest absolute Gasteiger partial charge is 0.0408 e. The molecule has 0 aromatic heterocycles. The van der Waals surface area contributed by atoms with Crippen molar-refractivity contribution < 1.29 is 0 Å². The Morgan fingerprint density at radius 1 is 1.33 bits per heavy atom. The van der Waals surface area contributed by atoms with Crippen molar-refractivity contribution >= 4 is 11.6 Å². The summed E-state index contributed by atoms with van der Waals surface area (Å²) in [6.07, 6.45) is 2.28. The lowest BCUT2D eigenvalue weighted by atomic mass is 10.1. The highest BCUT2D eigenvalue weighted by atomic mass is 35.5. The Labute approximate surface area is 97.8 Å². The van der Waals surface area contributed by atoms with Crippen molar-refractivity contribution in [2.24, 2.45) is 5.92 Å². The van der Waals surface area contributed by atoms with Crippen LogP contribution in [0.4, 0.5) is 0 Å². The molecule has 0 aliphatic heterocycles. The van der Waals surface area contributed by atoms with E-state index < -0.39 is 0 Å². The van der Waals surface area contributed by atoms with Gasteiger partial charge in [0.15, 0.2) is 0 Å². The second kappa shape index (κ2) is 6.86. The first kappa shape index (κ1) is 12.5. The predicted molar refractivity (Wildman–Crippen MR) is 67.5 cm³/mol. The number of aryl methyl sites for hydroxylation is 1. The predicted octanol–water partition coefficient (Wildman–Crippen LogP) is 3.52. The molecule has 1 rings (SSSR count). The van der Waals surface area contributed by atoms with Gasteiger partial charge >= 0.3 is 0 Å². The summed E-state index contributed by atoms with van der Waals surface area (Å²) in [5, 5.41) is 4.27. The molecule has 0 saturated carbocycles. The quantitative estimate of drug-likeness (QED) is 0.731. The second-order valence-corrected chi connectivity index (χ2v) is 4.77. The summed E-state index contributed by atoms with van der Waals surface area (Å²) in [5.74, 6) is 0.733. The summed E-state index contributed by atoms with van der Waals surface area (Å²) >= 11 is 5.91. The highest BCUT2D eigenvalue weighted by Crippen LogP contribution is 2.11. The number of hydrogen-bond acceptors (Lipinski definition) is 1. The molecule has 0 aliphatic carbocycles. The molecule has 2 heteroatoms. The van der Waals surface area contributed by atoms with Crippen LogP contribution in [0.1, 0.15) is 25.8 Å². The fourth-order valence-electron chi connectivity index (χ4n) is 1.50. The second-order valence-electron chi connectivity index (χ2n) is 4.33. The average Bonchev–Trinajstić information content (AvgIpc) is 2.17. The van der Waals surface area contributed by atoms with E-state index in [9.17, 15) is 0 Å². The maximum Gasteiger partial charge on any atom is 0.0408 e. The van der Waals surface area contributed by atoms with E-state index >= 15 is 0 Å². The van der Waals surface area contributed by atoms with Crippen LogP contribution in [0.15, 0.2) is 24.3 Å². The zero-order valence-electron chi connectivity index (χ0n) is 9.59. The number of nitrogens with one attached hydrogen (secondary N) is 1. The molecular formula is C13H20ClN. The summed E-state index contributed by atoms with van der Waals surface area (Å²) in [4.78, 5) is 0. The molecule has 15 heavy (non-hydrogen) atoms. The molecule has 0 radical (unpaired) electrons. The Hall–Kier alpha value is -0.530. The maximum atomic E-state index is 5.91. The van der Waals surface area contributed by atoms with E-state index in [1.54, 1.807) is 0 Å². The molecule has 1 aromatic carbocycles. The van der Waals surface area contributed by atoms with E-state index in [0.717, 1.165) is 30.5 Å². The van der Waals surface area contributed by atoms with Crippen molar-refractivity contribution in [1.82, 2.24) is 5.32 Å². The maximum absolute atomic E-state index is 5.91. The zero-order chi connectivity index (χ0) is 11.1. The summed E-state index contributed by atoms with van der Waals surface area (Å²) in [6, 6.07) is 8.11. The first-order chi connectivity index (χ1) is 7.18. The molecule has 0 amide bonds. The van der Waals surface area contributed by atoms with Gasteiger partial charge < -0.3 is 5.32 Å². The van der Waals surface area contributed by atoms with Crippen LogP contribution < -0.4 is 5.32 Å². The molecule has 1 aromatic rings. The van der Waals surface area contributed by atoms with Crippen molar-refractivity contribution in [3.8, 4) is 0 Å². The van der Waals surface area contributed by atoms with E-state index in [1.165, 1.54) is 12.0 Å². The Morgan fingerprint density at radius 3 is 2.80 bits per heavy atom. The number of rotatable bonds is 6. The van der Waals surface area contributed by atoms with Crippen molar-refractivity contribution in [1.29, 1.82) is 0 Å². The zero-order valence-corrected chi connectivity index (χ0v) is 10.3. The van der Waals surface area contributed by atoms with E-state index in [4.69, 9.17) is 11.6 Å². The lowest BCUT2D eigenvalue weighted by Crippen LogP contribution is -2.21. The molecular weight excluding hydrogens is 206 g/mol. The van der Waals surface area contributed by atoms with Gasteiger partial charge in [-0.05, 0) is 49.5 Å². The molecule has 0 fully saturated rings. The van der Waals surface area contributed by atoms with Crippen molar-refractivity contribution in [2.75, 3.05) is 13.1 Å². The highest BCUT2D eigenvalue weighted by molar-refractivity contribution is 6.30. The third-order valence-corrected chi connectivity index (χ3v) is 2.50. The first-order valence-electron chi connectivity index (χ1n) is 5.63. The van der Waals surface area contributed by atoms with Gasteiger partial charge in [-0.25, -0.2) is 0 Å². The molecule has 0 spiro atoms.